The highest BCUT2D eigenvalue weighted by Crippen LogP contribution is 2.23. The summed E-state index contributed by atoms with van der Waals surface area (Å²) < 4.78 is 4.64. The number of anilines is 1. The van der Waals surface area contributed by atoms with Crippen molar-refractivity contribution in [1.82, 2.24) is 4.40 Å². The molecule has 0 aliphatic rings. The van der Waals surface area contributed by atoms with Crippen LogP contribution in [0.3, 0.4) is 0 Å². The van der Waals surface area contributed by atoms with Crippen LogP contribution in [0.1, 0.15) is 5.56 Å². The van der Waals surface area contributed by atoms with Gasteiger partial charge in [0.05, 0.1) is 0 Å². The molecule has 0 spiro atoms. The van der Waals surface area contributed by atoms with Crippen molar-refractivity contribution in [1.29, 1.82) is 0 Å². The van der Waals surface area contributed by atoms with E-state index in [-0.39, 0.29) is 24.0 Å². The minimum atomic E-state index is 0. The Hall–Kier alpha value is -2.34. The van der Waals surface area contributed by atoms with E-state index >= 15 is 0 Å². The molecular formula is C22H20IN3. The number of hydrogen-bond acceptors (Lipinski definition) is 1. The second-order valence-corrected chi connectivity index (χ2v) is 6.98. The molecular weight excluding hydrogens is 433 g/mol. The van der Waals surface area contributed by atoms with Crippen LogP contribution in [-0.2, 0) is 0 Å². The Labute approximate surface area is 169 Å². The van der Waals surface area contributed by atoms with Crippen LogP contribution in [0.25, 0.3) is 33.0 Å². The molecule has 0 N–H and O–H groups in total. The smallest absolute Gasteiger partial charge is 0.292 e. The summed E-state index contributed by atoms with van der Waals surface area (Å²) in [6.07, 6.45) is 2.23. The quantitative estimate of drug-likeness (QED) is 0.276. The van der Waals surface area contributed by atoms with E-state index in [2.05, 4.69) is 102 Å². The van der Waals surface area contributed by atoms with Crippen LogP contribution < -0.4 is 33.3 Å². The molecule has 0 bridgehead atoms. The molecule has 5 rings (SSSR count). The maximum Gasteiger partial charge on any atom is 0.292 e. The number of pyridine rings is 2. The maximum absolute atomic E-state index is 2.34. The zero-order valence-electron chi connectivity index (χ0n) is 15.1. The molecule has 0 aliphatic carbocycles. The third-order valence-corrected chi connectivity index (χ3v) is 5.05. The lowest BCUT2D eigenvalue weighted by atomic mass is 10.1. The van der Waals surface area contributed by atoms with E-state index in [1.165, 1.54) is 44.2 Å². The molecule has 130 valence electrons. The number of nitrogens with zero attached hydrogens (tertiary/aromatic N) is 3. The van der Waals surface area contributed by atoms with Gasteiger partial charge in [0.15, 0.2) is 5.52 Å². The fourth-order valence-electron chi connectivity index (χ4n) is 3.75. The van der Waals surface area contributed by atoms with Crippen LogP contribution in [0, 0.1) is 6.92 Å². The van der Waals surface area contributed by atoms with E-state index in [1.54, 1.807) is 0 Å². The van der Waals surface area contributed by atoms with Crippen molar-refractivity contribution in [2.75, 3.05) is 19.0 Å². The van der Waals surface area contributed by atoms with Crippen molar-refractivity contribution < 1.29 is 28.4 Å². The Balaban J connectivity index is 0.00000168. The van der Waals surface area contributed by atoms with Crippen LogP contribution in [0.5, 0.6) is 0 Å². The third-order valence-electron chi connectivity index (χ3n) is 5.05. The molecule has 0 unspecified atom stereocenters. The summed E-state index contributed by atoms with van der Waals surface area (Å²) >= 11 is 0. The van der Waals surface area contributed by atoms with Gasteiger partial charge in [0, 0.05) is 36.6 Å². The minimum absolute atomic E-state index is 0. The van der Waals surface area contributed by atoms with E-state index in [0.717, 1.165) is 0 Å². The molecule has 4 heteroatoms. The Morgan fingerprint density at radius 2 is 1.65 bits per heavy atom. The van der Waals surface area contributed by atoms with Crippen LogP contribution >= 0.6 is 0 Å². The lowest BCUT2D eigenvalue weighted by Crippen LogP contribution is -3.00. The van der Waals surface area contributed by atoms with E-state index in [0.29, 0.717) is 0 Å². The minimum Gasteiger partial charge on any atom is -1.00 e. The highest BCUT2D eigenvalue weighted by atomic mass is 127. The van der Waals surface area contributed by atoms with Crippen LogP contribution in [0.4, 0.5) is 5.69 Å². The average molecular weight is 453 g/mol. The summed E-state index contributed by atoms with van der Waals surface area (Å²) in [6.45, 7) is 2.14. The molecule has 0 radical (unpaired) electrons. The number of hydrogen-bond donors (Lipinski definition) is 0. The number of fused-ring (bicyclic) bond motifs is 7. The third kappa shape index (κ3) is 2.43. The fourth-order valence-corrected chi connectivity index (χ4v) is 3.75. The predicted molar refractivity (Wildman–Crippen MR) is 105 cm³/mol. The maximum atomic E-state index is 2.34. The van der Waals surface area contributed by atoms with Crippen molar-refractivity contribution >= 4 is 38.7 Å². The van der Waals surface area contributed by atoms with Crippen LogP contribution in [0.15, 0.2) is 66.9 Å². The number of benzene rings is 2. The largest absolute Gasteiger partial charge is 1.00 e. The van der Waals surface area contributed by atoms with Crippen molar-refractivity contribution in [3.63, 3.8) is 0 Å². The molecule has 0 aliphatic heterocycles. The van der Waals surface area contributed by atoms with Gasteiger partial charge >= 0.3 is 0 Å². The molecule has 0 amide bonds. The van der Waals surface area contributed by atoms with Crippen molar-refractivity contribution in [3.05, 3.63) is 72.4 Å². The van der Waals surface area contributed by atoms with E-state index < -0.39 is 0 Å². The highest BCUT2D eigenvalue weighted by molar-refractivity contribution is 5.86. The highest BCUT2D eigenvalue weighted by Gasteiger charge is 2.16. The van der Waals surface area contributed by atoms with Gasteiger partial charge in [-0.1, -0.05) is 11.6 Å². The molecule has 0 fully saturated rings. The molecule has 5 aromatic rings. The van der Waals surface area contributed by atoms with Crippen LogP contribution in [-0.4, -0.2) is 18.5 Å². The Morgan fingerprint density at radius 3 is 2.46 bits per heavy atom. The molecule has 26 heavy (non-hydrogen) atoms. The molecule has 0 atom stereocenters. The number of aryl methyl sites for hydroxylation is 1. The summed E-state index contributed by atoms with van der Waals surface area (Å²) in [5.74, 6) is 0. The zero-order valence-corrected chi connectivity index (χ0v) is 17.2. The lowest BCUT2D eigenvalue weighted by Gasteiger charge is -2.12. The Kier molecular flexibility index (Phi) is 4.03. The average Bonchev–Trinajstić information content (AvgIpc) is 3.00. The number of rotatable bonds is 1. The second-order valence-electron chi connectivity index (χ2n) is 6.98. The predicted octanol–water partition coefficient (Wildman–Crippen LogP) is 1.36. The second kappa shape index (κ2) is 6.13. The van der Waals surface area contributed by atoms with E-state index in [9.17, 15) is 0 Å². The topological polar surface area (TPSA) is 11.8 Å². The summed E-state index contributed by atoms with van der Waals surface area (Å²) in [7, 11) is 4.15. The molecule has 3 aromatic heterocycles. The summed E-state index contributed by atoms with van der Waals surface area (Å²) in [6, 6.07) is 22.1. The Bertz CT molecular complexity index is 1280. The van der Waals surface area contributed by atoms with Crippen molar-refractivity contribution in [2.45, 2.75) is 6.92 Å². The first kappa shape index (κ1) is 17.1. The summed E-state index contributed by atoms with van der Waals surface area (Å²) in [5.41, 5.74) is 7.38. The van der Waals surface area contributed by atoms with Gasteiger partial charge in [-0.2, -0.15) is 8.80 Å². The van der Waals surface area contributed by atoms with Crippen LogP contribution in [0.2, 0.25) is 0 Å². The first-order valence-corrected chi connectivity index (χ1v) is 8.58. The van der Waals surface area contributed by atoms with Crippen molar-refractivity contribution in [2.24, 2.45) is 0 Å². The standard InChI is InChI=1S/C22H20N3.HI/c1-15-4-9-21-16(12-15)5-7-19-14-24-20-10-8-18(23(2)3)13-17(20)6-11-22(24)25(19)21;/h4-14H,1-3H3;1H/q+1;/p-1. The monoisotopic (exact) mass is 453 g/mol. The first-order chi connectivity index (χ1) is 12.1. The molecule has 0 saturated carbocycles. The molecule has 3 heterocycles. The van der Waals surface area contributed by atoms with Gasteiger partial charge in [-0.15, -0.1) is 0 Å². The fraction of sp³-hybridized carbons (Fsp3) is 0.136. The van der Waals surface area contributed by atoms with Gasteiger partial charge in [0.1, 0.15) is 17.2 Å². The zero-order chi connectivity index (χ0) is 17.1. The summed E-state index contributed by atoms with van der Waals surface area (Å²) in [4.78, 5) is 2.14. The van der Waals surface area contributed by atoms with E-state index in [1.807, 2.05) is 0 Å². The molecule has 2 aromatic carbocycles. The summed E-state index contributed by atoms with van der Waals surface area (Å²) in [5, 5.41) is 2.52. The van der Waals surface area contributed by atoms with Gasteiger partial charge in [0.25, 0.3) is 5.65 Å². The van der Waals surface area contributed by atoms with Gasteiger partial charge in [0.2, 0.25) is 0 Å². The van der Waals surface area contributed by atoms with E-state index in [4.69, 9.17) is 0 Å². The SMILES string of the molecule is Cc1ccc2c(ccc3c[n+]4c5ccc(N(C)C)cc5ccc4n32)c1.[I-]. The van der Waals surface area contributed by atoms with Gasteiger partial charge < -0.3 is 28.9 Å². The van der Waals surface area contributed by atoms with Gasteiger partial charge in [-0.25, -0.2) is 0 Å². The van der Waals surface area contributed by atoms with Gasteiger partial charge in [-0.3, -0.25) is 0 Å². The molecule has 3 nitrogen and oxygen atoms in total. The normalized spacial score (nSPS) is 11.3. The lowest BCUT2D eigenvalue weighted by molar-refractivity contribution is -0.479. The number of imidazole rings is 1. The first-order valence-electron chi connectivity index (χ1n) is 8.58. The Morgan fingerprint density at radius 1 is 0.846 bits per heavy atom. The van der Waals surface area contributed by atoms with Gasteiger partial charge in [-0.05, 0) is 55.5 Å². The molecule has 0 saturated heterocycles. The number of halogens is 1. The number of aromatic nitrogens is 2. The van der Waals surface area contributed by atoms with Crippen molar-refractivity contribution in [3.8, 4) is 0 Å².